The predicted octanol–water partition coefficient (Wildman–Crippen LogP) is 2.56. The Morgan fingerprint density at radius 3 is 2.42 bits per heavy atom. The lowest BCUT2D eigenvalue weighted by atomic mass is 10.0. The standard InChI is InChI=1S/C19H21N3O4/c1-12(2)9-16(19(25)26)22-17(23)13-5-3-7-15(10-13)21-18(24)14-6-4-8-20-11-14/h3-8,10-12,16H,9H2,1-2H3,(H,21,24)(H,22,23)(H,25,26). The molecule has 0 bridgehead atoms. The van der Waals surface area contributed by atoms with E-state index in [0.29, 0.717) is 17.7 Å². The van der Waals surface area contributed by atoms with Crippen LogP contribution in [0.1, 0.15) is 41.0 Å². The molecule has 0 saturated carbocycles. The van der Waals surface area contributed by atoms with E-state index in [1.807, 2.05) is 13.8 Å². The molecule has 0 aliphatic carbocycles. The Hall–Kier alpha value is -3.22. The maximum atomic E-state index is 12.4. The van der Waals surface area contributed by atoms with E-state index in [0.717, 1.165) is 0 Å². The van der Waals surface area contributed by atoms with Gasteiger partial charge in [0.2, 0.25) is 0 Å². The molecule has 0 aliphatic rings. The molecule has 1 heterocycles. The van der Waals surface area contributed by atoms with Gasteiger partial charge < -0.3 is 15.7 Å². The minimum absolute atomic E-state index is 0.126. The monoisotopic (exact) mass is 355 g/mol. The molecule has 0 fully saturated rings. The number of carboxylic acids is 1. The van der Waals surface area contributed by atoms with Gasteiger partial charge in [-0.15, -0.1) is 0 Å². The minimum atomic E-state index is -1.08. The van der Waals surface area contributed by atoms with E-state index < -0.39 is 17.9 Å². The van der Waals surface area contributed by atoms with Gasteiger partial charge in [-0.05, 0) is 42.7 Å². The number of rotatable bonds is 7. The SMILES string of the molecule is CC(C)CC(NC(=O)c1cccc(NC(=O)c2cccnc2)c1)C(=O)O. The molecular weight excluding hydrogens is 334 g/mol. The molecule has 26 heavy (non-hydrogen) atoms. The van der Waals surface area contributed by atoms with Crippen molar-refractivity contribution < 1.29 is 19.5 Å². The highest BCUT2D eigenvalue weighted by atomic mass is 16.4. The Labute approximate surface area is 151 Å². The number of hydrogen-bond acceptors (Lipinski definition) is 4. The topological polar surface area (TPSA) is 108 Å². The Kier molecular flexibility index (Phi) is 6.43. The van der Waals surface area contributed by atoms with Crippen LogP contribution in [0.4, 0.5) is 5.69 Å². The van der Waals surface area contributed by atoms with Gasteiger partial charge in [-0.3, -0.25) is 14.6 Å². The van der Waals surface area contributed by atoms with Gasteiger partial charge in [-0.25, -0.2) is 4.79 Å². The van der Waals surface area contributed by atoms with Gasteiger partial charge in [-0.2, -0.15) is 0 Å². The number of anilines is 1. The van der Waals surface area contributed by atoms with E-state index in [1.165, 1.54) is 12.3 Å². The van der Waals surface area contributed by atoms with Crippen LogP contribution in [0.2, 0.25) is 0 Å². The van der Waals surface area contributed by atoms with Crippen molar-refractivity contribution in [2.45, 2.75) is 26.3 Å². The van der Waals surface area contributed by atoms with E-state index >= 15 is 0 Å². The first-order valence-corrected chi connectivity index (χ1v) is 8.22. The molecule has 1 unspecified atom stereocenters. The number of benzene rings is 1. The van der Waals surface area contributed by atoms with Crippen LogP contribution in [-0.2, 0) is 4.79 Å². The molecule has 1 aromatic carbocycles. The van der Waals surface area contributed by atoms with Crippen LogP contribution in [0.3, 0.4) is 0 Å². The molecule has 3 N–H and O–H groups in total. The lowest BCUT2D eigenvalue weighted by molar-refractivity contribution is -0.139. The average molecular weight is 355 g/mol. The molecule has 136 valence electrons. The highest BCUT2D eigenvalue weighted by Gasteiger charge is 2.21. The van der Waals surface area contributed by atoms with Gasteiger partial charge in [-0.1, -0.05) is 19.9 Å². The van der Waals surface area contributed by atoms with Gasteiger partial charge in [0.25, 0.3) is 11.8 Å². The number of pyridine rings is 1. The zero-order chi connectivity index (χ0) is 19.1. The summed E-state index contributed by atoms with van der Waals surface area (Å²) in [6.07, 6.45) is 3.34. The van der Waals surface area contributed by atoms with Gasteiger partial charge >= 0.3 is 5.97 Å². The Balaban J connectivity index is 2.09. The molecule has 0 saturated heterocycles. The lowest BCUT2D eigenvalue weighted by Crippen LogP contribution is -2.41. The van der Waals surface area contributed by atoms with Crippen LogP contribution in [0, 0.1) is 5.92 Å². The number of carbonyl (C=O) groups is 3. The summed E-state index contributed by atoms with van der Waals surface area (Å²) in [5.74, 6) is -1.80. The normalized spacial score (nSPS) is 11.7. The quantitative estimate of drug-likeness (QED) is 0.707. The highest BCUT2D eigenvalue weighted by Crippen LogP contribution is 2.13. The molecule has 1 atom stereocenters. The van der Waals surface area contributed by atoms with E-state index in [2.05, 4.69) is 15.6 Å². The van der Waals surface area contributed by atoms with Crippen LogP contribution in [0.5, 0.6) is 0 Å². The van der Waals surface area contributed by atoms with Gasteiger partial charge in [0, 0.05) is 23.6 Å². The maximum absolute atomic E-state index is 12.4. The molecule has 1 aromatic heterocycles. The number of nitrogens with one attached hydrogen (secondary N) is 2. The van der Waals surface area contributed by atoms with E-state index in [1.54, 1.807) is 36.5 Å². The van der Waals surface area contributed by atoms with Crippen molar-refractivity contribution in [2.75, 3.05) is 5.32 Å². The van der Waals surface area contributed by atoms with Crippen LogP contribution in [0.15, 0.2) is 48.8 Å². The van der Waals surface area contributed by atoms with E-state index in [4.69, 9.17) is 0 Å². The Morgan fingerprint density at radius 2 is 1.81 bits per heavy atom. The third-order valence-corrected chi connectivity index (χ3v) is 3.62. The van der Waals surface area contributed by atoms with E-state index in [9.17, 15) is 19.5 Å². The summed E-state index contributed by atoms with van der Waals surface area (Å²) < 4.78 is 0. The summed E-state index contributed by atoms with van der Waals surface area (Å²) in [5, 5.41) is 14.4. The summed E-state index contributed by atoms with van der Waals surface area (Å²) in [6.45, 7) is 3.77. The zero-order valence-electron chi connectivity index (χ0n) is 14.6. The minimum Gasteiger partial charge on any atom is -0.480 e. The molecule has 7 nitrogen and oxygen atoms in total. The summed E-state index contributed by atoms with van der Waals surface area (Å²) >= 11 is 0. The summed E-state index contributed by atoms with van der Waals surface area (Å²) in [7, 11) is 0. The number of aromatic nitrogens is 1. The van der Waals surface area contributed by atoms with Crippen molar-refractivity contribution in [3.63, 3.8) is 0 Å². The summed E-state index contributed by atoms with van der Waals surface area (Å²) in [4.78, 5) is 39.7. The third-order valence-electron chi connectivity index (χ3n) is 3.62. The Bertz CT molecular complexity index is 790. The van der Waals surface area contributed by atoms with Crippen molar-refractivity contribution in [1.29, 1.82) is 0 Å². The Morgan fingerprint density at radius 1 is 1.08 bits per heavy atom. The number of nitrogens with zero attached hydrogens (tertiary/aromatic N) is 1. The van der Waals surface area contributed by atoms with Crippen molar-refractivity contribution >= 4 is 23.5 Å². The fraction of sp³-hybridized carbons (Fsp3) is 0.263. The number of hydrogen-bond donors (Lipinski definition) is 3. The first-order valence-electron chi connectivity index (χ1n) is 8.22. The zero-order valence-corrected chi connectivity index (χ0v) is 14.6. The van der Waals surface area contributed by atoms with Crippen LogP contribution in [-0.4, -0.2) is 33.9 Å². The first-order chi connectivity index (χ1) is 12.4. The van der Waals surface area contributed by atoms with Crippen molar-refractivity contribution in [3.8, 4) is 0 Å². The first kappa shape index (κ1) is 19.1. The smallest absolute Gasteiger partial charge is 0.326 e. The second-order valence-corrected chi connectivity index (χ2v) is 6.27. The van der Waals surface area contributed by atoms with Crippen molar-refractivity contribution in [1.82, 2.24) is 10.3 Å². The average Bonchev–Trinajstić information content (AvgIpc) is 2.61. The van der Waals surface area contributed by atoms with Crippen LogP contribution >= 0.6 is 0 Å². The van der Waals surface area contributed by atoms with Crippen LogP contribution in [0.25, 0.3) is 0 Å². The number of aliphatic carboxylic acids is 1. The molecular formula is C19H21N3O4. The van der Waals surface area contributed by atoms with Crippen molar-refractivity contribution in [2.24, 2.45) is 5.92 Å². The lowest BCUT2D eigenvalue weighted by Gasteiger charge is -2.16. The van der Waals surface area contributed by atoms with E-state index in [-0.39, 0.29) is 17.4 Å². The van der Waals surface area contributed by atoms with Crippen molar-refractivity contribution in [3.05, 3.63) is 59.9 Å². The van der Waals surface area contributed by atoms with Gasteiger partial charge in [0.05, 0.1) is 5.56 Å². The summed E-state index contributed by atoms with van der Waals surface area (Å²) in [6, 6.07) is 8.64. The largest absolute Gasteiger partial charge is 0.480 e. The molecule has 0 radical (unpaired) electrons. The molecule has 2 amide bonds. The number of amides is 2. The molecule has 0 aliphatic heterocycles. The third kappa shape index (κ3) is 5.41. The molecule has 7 heteroatoms. The number of carboxylic acid groups (broad SMARTS) is 1. The molecule has 0 spiro atoms. The summed E-state index contributed by atoms with van der Waals surface area (Å²) in [5.41, 5.74) is 1.09. The fourth-order valence-corrected chi connectivity index (χ4v) is 2.37. The number of carbonyl (C=O) groups excluding carboxylic acids is 2. The fourth-order valence-electron chi connectivity index (χ4n) is 2.37. The molecule has 2 rings (SSSR count). The second-order valence-electron chi connectivity index (χ2n) is 6.27. The van der Waals surface area contributed by atoms with Crippen LogP contribution < -0.4 is 10.6 Å². The highest BCUT2D eigenvalue weighted by molar-refractivity contribution is 6.05. The second kappa shape index (κ2) is 8.75. The van der Waals surface area contributed by atoms with Gasteiger partial charge in [0.1, 0.15) is 6.04 Å². The van der Waals surface area contributed by atoms with Gasteiger partial charge in [0.15, 0.2) is 0 Å². The predicted molar refractivity (Wildman–Crippen MR) is 97.0 cm³/mol. The molecule has 2 aromatic rings. The maximum Gasteiger partial charge on any atom is 0.326 e.